The van der Waals surface area contributed by atoms with Crippen LogP contribution in [0.25, 0.3) is 10.8 Å². The molecule has 2 bridgehead atoms. The highest BCUT2D eigenvalue weighted by atomic mass is 35.5. The van der Waals surface area contributed by atoms with Crippen molar-refractivity contribution < 1.29 is 4.74 Å². The van der Waals surface area contributed by atoms with Crippen molar-refractivity contribution in [1.82, 2.24) is 15.2 Å². The van der Waals surface area contributed by atoms with Gasteiger partial charge in [-0.3, -0.25) is 4.90 Å². The van der Waals surface area contributed by atoms with E-state index in [1.165, 1.54) is 44.1 Å². The lowest BCUT2D eigenvalue weighted by molar-refractivity contribution is 0.110. The number of fused-ring (bicyclic) bond motifs is 5. The van der Waals surface area contributed by atoms with Crippen molar-refractivity contribution in [2.75, 3.05) is 49.1 Å². The lowest BCUT2D eigenvalue weighted by Crippen LogP contribution is -2.53. The van der Waals surface area contributed by atoms with E-state index in [1.54, 1.807) is 0 Å². The lowest BCUT2D eigenvalue weighted by Gasteiger charge is -2.40. The summed E-state index contributed by atoms with van der Waals surface area (Å²) in [6.45, 7) is 6.38. The zero-order valence-electron chi connectivity index (χ0n) is 24.6. The molecule has 1 aromatic heterocycles. The maximum atomic E-state index is 10.6. The second kappa shape index (κ2) is 11.2. The fraction of sp³-hybridized carbons (Fsp3) is 0.486. The van der Waals surface area contributed by atoms with Gasteiger partial charge in [0, 0.05) is 66.0 Å². The SMILES string of the molecule is C#Cc1cccc2cccc(N3CCc4c(N5[C@@H]6CC[C@H]5CNC6)nc(OCC56CCCN5CCC6)c(C#N)c4C3)c12.Cl. The molecule has 8 heteroatoms. The van der Waals surface area contributed by atoms with E-state index in [-0.39, 0.29) is 17.9 Å². The van der Waals surface area contributed by atoms with Gasteiger partial charge >= 0.3 is 0 Å². The van der Waals surface area contributed by atoms with Crippen molar-refractivity contribution in [2.45, 2.75) is 69.1 Å². The Kier molecular flexibility index (Phi) is 7.38. The van der Waals surface area contributed by atoms with Crippen LogP contribution in [0.2, 0.25) is 0 Å². The molecule has 8 rings (SSSR count). The number of nitriles is 1. The first-order valence-electron chi connectivity index (χ1n) is 15.8. The molecule has 0 spiro atoms. The van der Waals surface area contributed by atoms with Crippen LogP contribution in [0.1, 0.15) is 60.8 Å². The third-order valence-corrected chi connectivity index (χ3v) is 10.7. The van der Waals surface area contributed by atoms with Crippen molar-refractivity contribution in [3.8, 4) is 24.3 Å². The van der Waals surface area contributed by atoms with Crippen molar-refractivity contribution in [1.29, 1.82) is 5.26 Å². The molecule has 0 radical (unpaired) electrons. The summed E-state index contributed by atoms with van der Waals surface area (Å²) in [6, 6.07) is 16.0. The fourth-order valence-corrected chi connectivity index (χ4v) is 8.72. The van der Waals surface area contributed by atoms with Gasteiger partial charge in [0.05, 0.1) is 5.54 Å². The van der Waals surface area contributed by atoms with Crippen LogP contribution >= 0.6 is 12.4 Å². The highest BCUT2D eigenvalue weighted by molar-refractivity contribution is 5.99. The number of hydrogen-bond acceptors (Lipinski definition) is 7. The van der Waals surface area contributed by atoms with Gasteiger partial charge in [0.25, 0.3) is 0 Å². The highest BCUT2D eigenvalue weighted by Crippen LogP contribution is 2.43. The number of pyridine rings is 1. The molecule has 222 valence electrons. The standard InChI is InChI=1S/C35H38N6O.ClH/c1-2-24-7-3-8-25-9-4-10-31(32(24)25)39-18-13-28-30(22-39)29(19-36)34(42-23-35-14-5-16-40(35)17-6-15-35)38-33(28)41-26-11-12-27(41)21-37-20-26;/h1,3-4,7-10,26-27,37H,5-6,11-18,20-23H2;1H/t26-,27+;. The zero-order chi connectivity index (χ0) is 28.3. The number of rotatable bonds is 5. The Balaban J connectivity index is 0.00000300. The minimum atomic E-state index is 0. The van der Waals surface area contributed by atoms with Crippen LogP contribution in [0.4, 0.5) is 11.5 Å². The van der Waals surface area contributed by atoms with Gasteiger partial charge in [-0.1, -0.05) is 30.2 Å². The quantitative estimate of drug-likeness (QED) is 0.416. The Hall–Kier alpha value is -3.49. The van der Waals surface area contributed by atoms with E-state index >= 15 is 0 Å². The van der Waals surface area contributed by atoms with Crippen molar-refractivity contribution in [2.24, 2.45) is 0 Å². The summed E-state index contributed by atoms with van der Waals surface area (Å²) in [5.74, 6) is 4.49. The fourth-order valence-electron chi connectivity index (χ4n) is 8.72. The normalized spacial score (nSPS) is 23.8. The average Bonchev–Trinajstić information content (AvgIpc) is 3.68. The summed E-state index contributed by atoms with van der Waals surface area (Å²) in [5.41, 5.74) is 5.04. The number of benzene rings is 2. The van der Waals surface area contributed by atoms with E-state index in [0.29, 0.717) is 36.7 Å². The van der Waals surface area contributed by atoms with Crippen LogP contribution < -0.4 is 19.9 Å². The molecule has 0 unspecified atom stereocenters. The smallest absolute Gasteiger partial charge is 0.234 e. The van der Waals surface area contributed by atoms with Gasteiger partial charge < -0.3 is 19.9 Å². The van der Waals surface area contributed by atoms with Crippen molar-refractivity contribution in [3.63, 3.8) is 0 Å². The van der Waals surface area contributed by atoms with Gasteiger partial charge in [0.2, 0.25) is 5.88 Å². The van der Waals surface area contributed by atoms with E-state index in [0.717, 1.165) is 72.5 Å². The summed E-state index contributed by atoms with van der Waals surface area (Å²) < 4.78 is 6.69. The summed E-state index contributed by atoms with van der Waals surface area (Å²) in [6.07, 6.45) is 13.9. The summed E-state index contributed by atoms with van der Waals surface area (Å²) >= 11 is 0. The van der Waals surface area contributed by atoms with E-state index < -0.39 is 0 Å². The van der Waals surface area contributed by atoms with E-state index in [1.807, 2.05) is 12.1 Å². The van der Waals surface area contributed by atoms with Crippen LogP contribution in [-0.4, -0.2) is 66.8 Å². The maximum absolute atomic E-state index is 10.6. The number of piperazine rings is 1. The summed E-state index contributed by atoms with van der Waals surface area (Å²) in [7, 11) is 0. The van der Waals surface area contributed by atoms with Gasteiger partial charge in [-0.25, -0.2) is 0 Å². The predicted molar refractivity (Wildman–Crippen MR) is 173 cm³/mol. The molecule has 2 aromatic carbocycles. The molecular formula is C35H39ClN6O. The molecule has 7 nitrogen and oxygen atoms in total. The largest absolute Gasteiger partial charge is 0.475 e. The molecule has 1 N–H and O–H groups in total. The Morgan fingerprint density at radius 2 is 1.77 bits per heavy atom. The maximum Gasteiger partial charge on any atom is 0.234 e. The minimum absolute atomic E-state index is 0. The number of anilines is 2. The Morgan fingerprint density at radius 1 is 1.02 bits per heavy atom. The molecule has 0 aliphatic carbocycles. The number of halogens is 1. The third-order valence-electron chi connectivity index (χ3n) is 10.7. The van der Waals surface area contributed by atoms with E-state index in [9.17, 15) is 5.26 Å². The number of nitrogens with zero attached hydrogens (tertiary/aromatic N) is 5. The van der Waals surface area contributed by atoms with Crippen molar-refractivity contribution >= 4 is 34.7 Å². The second-order valence-corrected chi connectivity index (χ2v) is 12.8. The molecule has 0 amide bonds. The van der Waals surface area contributed by atoms with E-state index in [2.05, 4.69) is 56.3 Å². The topological polar surface area (TPSA) is 67.7 Å². The molecule has 4 saturated heterocycles. The number of aromatic nitrogens is 1. The molecular weight excluding hydrogens is 556 g/mol. The minimum Gasteiger partial charge on any atom is -0.475 e. The van der Waals surface area contributed by atoms with Gasteiger partial charge in [-0.2, -0.15) is 10.2 Å². The molecule has 4 fully saturated rings. The first-order chi connectivity index (χ1) is 20.7. The second-order valence-electron chi connectivity index (χ2n) is 12.8. The van der Waals surface area contributed by atoms with Crippen LogP contribution in [0.3, 0.4) is 0 Å². The molecule has 5 aliphatic rings. The molecule has 5 aliphatic heterocycles. The van der Waals surface area contributed by atoms with Gasteiger partial charge in [0.1, 0.15) is 24.1 Å². The first kappa shape index (κ1) is 28.3. The van der Waals surface area contributed by atoms with Gasteiger partial charge in [0.15, 0.2) is 0 Å². The molecule has 3 aromatic rings. The Morgan fingerprint density at radius 3 is 2.49 bits per heavy atom. The Bertz CT molecular complexity index is 1610. The first-order valence-corrected chi connectivity index (χ1v) is 15.8. The van der Waals surface area contributed by atoms with Crippen molar-refractivity contribution in [3.05, 3.63) is 58.7 Å². The van der Waals surface area contributed by atoms with Crippen LogP contribution in [-0.2, 0) is 13.0 Å². The third kappa shape index (κ3) is 4.52. The van der Waals surface area contributed by atoms with Crippen LogP contribution in [0, 0.1) is 23.7 Å². The van der Waals surface area contributed by atoms with Gasteiger partial charge in [-0.15, -0.1) is 18.8 Å². The summed E-state index contributed by atoms with van der Waals surface area (Å²) in [5, 5.41) is 16.5. The number of nitrogens with one attached hydrogen (secondary N) is 1. The number of terminal acetylenes is 1. The molecule has 43 heavy (non-hydrogen) atoms. The highest BCUT2D eigenvalue weighted by Gasteiger charge is 2.46. The predicted octanol–water partition coefficient (Wildman–Crippen LogP) is 5.02. The van der Waals surface area contributed by atoms with Crippen LogP contribution in [0.5, 0.6) is 5.88 Å². The molecule has 6 heterocycles. The Labute approximate surface area is 260 Å². The van der Waals surface area contributed by atoms with E-state index in [4.69, 9.17) is 16.1 Å². The van der Waals surface area contributed by atoms with Crippen LogP contribution in [0.15, 0.2) is 36.4 Å². The average molecular weight is 595 g/mol. The molecule has 2 atom stereocenters. The monoisotopic (exact) mass is 594 g/mol. The van der Waals surface area contributed by atoms with Gasteiger partial charge in [-0.05, 0) is 75.6 Å². The zero-order valence-corrected chi connectivity index (χ0v) is 25.5. The summed E-state index contributed by atoms with van der Waals surface area (Å²) in [4.78, 5) is 12.8. The number of hydrogen-bond donors (Lipinski definition) is 1. The lowest BCUT2D eigenvalue weighted by atomic mass is 9.93. The number of ether oxygens (including phenoxy) is 1. The molecule has 0 saturated carbocycles.